The first-order chi connectivity index (χ1) is 10.6. The van der Waals surface area contributed by atoms with Crippen molar-refractivity contribution in [3.05, 3.63) is 52.3 Å². The monoisotopic (exact) mass is 297 g/mol. The molecule has 1 saturated heterocycles. The second kappa shape index (κ2) is 6.44. The van der Waals surface area contributed by atoms with Gasteiger partial charge in [-0.2, -0.15) is 5.10 Å². The number of piperidine rings is 1. The Kier molecular flexibility index (Phi) is 4.39. The summed E-state index contributed by atoms with van der Waals surface area (Å²) in [7, 11) is 0. The van der Waals surface area contributed by atoms with Gasteiger partial charge in [-0.15, -0.1) is 0 Å². The van der Waals surface area contributed by atoms with Gasteiger partial charge in [0.15, 0.2) is 0 Å². The number of nitrogens with one attached hydrogen (secondary N) is 1. The van der Waals surface area contributed by atoms with E-state index in [4.69, 9.17) is 0 Å². The normalized spacial score (nSPS) is 16.1. The fourth-order valence-electron chi connectivity index (χ4n) is 2.93. The highest BCUT2D eigenvalue weighted by atomic mass is 16.1. The molecule has 3 rings (SSSR count). The number of aromatic nitrogens is 2. The van der Waals surface area contributed by atoms with Gasteiger partial charge in [-0.3, -0.25) is 4.79 Å². The van der Waals surface area contributed by atoms with E-state index in [9.17, 15) is 4.79 Å². The lowest BCUT2D eigenvalue weighted by Crippen LogP contribution is -2.35. The molecule has 0 bridgehead atoms. The van der Waals surface area contributed by atoms with Gasteiger partial charge < -0.3 is 5.32 Å². The maximum absolute atomic E-state index is 12.1. The third kappa shape index (κ3) is 3.12. The molecule has 0 spiro atoms. The topological polar surface area (TPSA) is 46.9 Å². The van der Waals surface area contributed by atoms with Gasteiger partial charge in [-0.1, -0.05) is 38.1 Å². The van der Waals surface area contributed by atoms with Crippen LogP contribution in [-0.4, -0.2) is 22.9 Å². The number of hydrogen-bond donors (Lipinski definition) is 1. The molecule has 1 aliphatic rings. The van der Waals surface area contributed by atoms with Gasteiger partial charge >= 0.3 is 0 Å². The van der Waals surface area contributed by atoms with Crippen molar-refractivity contribution >= 4 is 0 Å². The molecular weight excluding hydrogens is 274 g/mol. The molecule has 116 valence electrons. The average Bonchev–Trinajstić information content (AvgIpc) is 2.56. The smallest absolute Gasteiger partial charge is 0.267 e. The van der Waals surface area contributed by atoms with E-state index in [-0.39, 0.29) is 11.6 Å². The maximum atomic E-state index is 12.1. The van der Waals surface area contributed by atoms with E-state index in [1.165, 1.54) is 5.56 Å². The Morgan fingerprint density at radius 2 is 1.77 bits per heavy atom. The Morgan fingerprint density at radius 3 is 2.41 bits per heavy atom. The lowest BCUT2D eigenvalue weighted by atomic mass is 10.0. The predicted molar refractivity (Wildman–Crippen MR) is 89.2 cm³/mol. The zero-order valence-electron chi connectivity index (χ0n) is 13.2. The first-order valence-electron chi connectivity index (χ1n) is 8.06. The van der Waals surface area contributed by atoms with Crippen LogP contribution in [0.3, 0.4) is 0 Å². The first kappa shape index (κ1) is 15.0. The lowest BCUT2D eigenvalue weighted by Gasteiger charge is -2.23. The van der Waals surface area contributed by atoms with Crippen molar-refractivity contribution in [1.29, 1.82) is 0 Å². The minimum Gasteiger partial charge on any atom is -0.317 e. The van der Waals surface area contributed by atoms with Crippen molar-refractivity contribution in [2.45, 2.75) is 38.6 Å². The Hall–Kier alpha value is -1.94. The van der Waals surface area contributed by atoms with Gasteiger partial charge in [0.1, 0.15) is 0 Å². The van der Waals surface area contributed by atoms with Crippen molar-refractivity contribution in [3.8, 4) is 11.3 Å². The molecule has 4 heteroatoms. The quantitative estimate of drug-likeness (QED) is 0.947. The van der Waals surface area contributed by atoms with Crippen molar-refractivity contribution in [2.24, 2.45) is 0 Å². The third-order valence-corrected chi connectivity index (χ3v) is 4.35. The fourth-order valence-corrected chi connectivity index (χ4v) is 2.93. The Balaban J connectivity index is 1.92. The Bertz CT molecular complexity index is 682. The first-order valence-corrected chi connectivity index (χ1v) is 8.06. The number of rotatable bonds is 3. The van der Waals surface area contributed by atoms with E-state index >= 15 is 0 Å². The molecule has 1 aliphatic heterocycles. The largest absolute Gasteiger partial charge is 0.317 e. The third-order valence-electron chi connectivity index (χ3n) is 4.35. The Morgan fingerprint density at radius 1 is 1.09 bits per heavy atom. The molecule has 1 aromatic heterocycles. The molecule has 2 aromatic rings. The summed E-state index contributed by atoms with van der Waals surface area (Å²) in [5, 5.41) is 7.94. The molecule has 0 saturated carbocycles. The van der Waals surface area contributed by atoms with E-state index in [2.05, 4.69) is 48.5 Å². The molecule has 1 aromatic carbocycles. The second-order valence-corrected chi connectivity index (χ2v) is 6.26. The molecule has 0 aliphatic carbocycles. The molecule has 0 unspecified atom stereocenters. The van der Waals surface area contributed by atoms with E-state index in [0.717, 1.165) is 37.2 Å². The number of nitrogens with zero attached hydrogens (tertiary/aromatic N) is 2. The summed E-state index contributed by atoms with van der Waals surface area (Å²) in [6, 6.07) is 12.1. The van der Waals surface area contributed by atoms with Crippen LogP contribution in [-0.2, 0) is 0 Å². The standard InChI is InChI=1S/C18H23N3O/c1-13(2)14-3-5-15(6-4-14)17-7-8-18(22)21(20-17)16-9-11-19-12-10-16/h3-8,13,16,19H,9-12H2,1-2H3. The van der Waals surface area contributed by atoms with Gasteiger partial charge in [0.25, 0.3) is 5.56 Å². The van der Waals surface area contributed by atoms with Crippen LogP contribution in [0.1, 0.15) is 44.2 Å². The van der Waals surface area contributed by atoms with E-state index < -0.39 is 0 Å². The van der Waals surface area contributed by atoms with E-state index in [1.54, 1.807) is 10.7 Å². The summed E-state index contributed by atoms with van der Waals surface area (Å²) in [5.41, 5.74) is 3.24. The van der Waals surface area contributed by atoms with Crippen molar-refractivity contribution in [2.75, 3.05) is 13.1 Å². The van der Waals surface area contributed by atoms with Crippen molar-refractivity contribution < 1.29 is 0 Å². The maximum Gasteiger partial charge on any atom is 0.267 e. The molecule has 1 fully saturated rings. The van der Waals surface area contributed by atoms with Crippen LogP contribution in [0.4, 0.5) is 0 Å². The van der Waals surface area contributed by atoms with Crippen LogP contribution in [0.2, 0.25) is 0 Å². The van der Waals surface area contributed by atoms with E-state index in [1.807, 2.05) is 6.07 Å². The van der Waals surface area contributed by atoms with E-state index in [0.29, 0.717) is 5.92 Å². The van der Waals surface area contributed by atoms with Crippen molar-refractivity contribution in [1.82, 2.24) is 15.1 Å². The van der Waals surface area contributed by atoms with Crippen LogP contribution in [0, 0.1) is 0 Å². The van der Waals surface area contributed by atoms with Gasteiger partial charge in [-0.05, 0) is 43.5 Å². The van der Waals surface area contributed by atoms with Crippen LogP contribution >= 0.6 is 0 Å². The molecule has 2 heterocycles. The predicted octanol–water partition coefficient (Wildman–Crippen LogP) is 2.96. The molecule has 0 atom stereocenters. The van der Waals surface area contributed by atoms with Gasteiger partial charge in [0.2, 0.25) is 0 Å². The molecule has 1 N–H and O–H groups in total. The van der Waals surface area contributed by atoms with Crippen LogP contribution in [0.15, 0.2) is 41.2 Å². The highest BCUT2D eigenvalue weighted by Gasteiger charge is 2.17. The molecule has 4 nitrogen and oxygen atoms in total. The Labute approximate surface area is 131 Å². The molecule has 0 amide bonds. The summed E-state index contributed by atoms with van der Waals surface area (Å²) in [4.78, 5) is 12.1. The fraction of sp³-hybridized carbons (Fsp3) is 0.444. The summed E-state index contributed by atoms with van der Waals surface area (Å²) < 4.78 is 1.67. The minimum atomic E-state index is -0.00514. The summed E-state index contributed by atoms with van der Waals surface area (Å²) >= 11 is 0. The van der Waals surface area contributed by atoms with Gasteiger partial charge in [0, 0.05) is 11.6 Å². The molecule has 22 heavy (non-hydrogen) atoms. The summed E-state index contributed by atoms with van der Waals surface area (Å²) in [5.74, 6) is 0.519. The number of benzene rings is 1. The van der Waals surface area contributed by atoms with Crippen LogP contribution in [0.5, 0.6) is 0 Å². The SMILES string of the molecule is CC(C)c1ccc(-c2ccc(=O)n(C3CCNCC3)n2)cc1. The molecule has 0 radical (unpaired) electrons. The number of hydrogen-bond acceptors (Lipinski definition) is 3. The highest BCUT2D eigenvalue weighted by molar-refractivity contribution is 5.58. The minimum absolute atomic E-state index is 0.00514. The summed E-state index contributed by atoms with van der Waals surface area (Å²) in [6.45, 7) is 6.27. The van der Waals surface area contributed by atoms with Gasteiger partial charge in [0.05, 0.1) is 11.7 Å². The van der Waals surface area contributed by atoms with Crippen LogP contribution in [0.25, 0.3) is 11.3 Å². The van der Waals surface area contributed by atoms with Crippen molar-refractivity contribution in [3.63, 3.8) is 0 Å². The van der Waals surface area contributed by atoms with Crippen LogP contribution < -0.4 is 10.9 Å². The van der Waals surface area contributed by atoms with Gasteiger partial charge in [-0.25, -0.2) is 4.68 Å². The zero-order valence-corrected chi connectivity index (χ0v) is 13.2. The second-order valence-electron chi connectivity index (χ2n) is 6.26. The average molecular weight is 297 g/mol. The lowest BCUT2D eigenvalue weighted by molar-refractivity contribution is 0.332. The zero-order chi connectivity index (χ0) is 15.5. The molecular formula is C18H23N3O. The summed E-state index contributed by atoms with van der Waals surface area (Å²) in [6.07, 6.45) is 1.92. The highest BCUT2D eigenvalue weighted by Crippen LogP contribution is 2.22.